The van der Waals surface area contributed by atoms with Gasteiger partial charge in [0.2, 0.25) is 0 Å². The van der Waals surface area contributed by atoms with Crippen molar-refractivity contribution in [2.75, 3.05) is 0 Å². The highest BCUT2D eigenvalue weighted by Crippen LogP contribution is 2.33. The van der Waals surface area contributed by atoms with Gasteiger partial charge in [-0.15, -0.1) is 11.3 Å². The normalized spacial score (nSPS) is 10.9. The van der Waals surface area contributed by atoms with Gasteiger partial charge in [-0.2, -0.15) is 0 Å². The van der Waals surface area contributed by atoms with E-state index in [9.17, 15) is 0 Å². The predicted octanol–water partition coefficient (Wildman–Crippen LogP) is 5.38. The quantitative estimate of drug-likeness (QED) is 0.585. The highest BCUT2D eigenvalue weighted by atomic mass is 79.9. The molecular formula is C13H7BrClNS. The van der Waals surface area contributed by atoms with Crippen LogP contribution in [-0.2, 0) is 0 Å². The Morgan fingerprint density at radius 2 is 1.94 bits per heavy atom. The first-order chi connectivity index (χ1) is 8.22. The van der Waals surface area contributed by atoms with Crippen molar-refractivity contribution in [2.24, 2.45) is 0 Å². The molecule has 1 nitrogen and oxygen atoms in total. The average molecular weight is 325 g/mol. The molecule has 2 aromatic carbocycles. The lowest BCUT2D eigenvalue weighted by Gasteiger charge is -1.98. The Balaban J connectivity index is 2.20. The van der Waals surface area contributed by atoms with Crippen LogP contribution in [0.1, 0.15) is 0 Å². The van der Waals surface area contributed by atoms with Crippen molar-refractivity contribution in [2.45, 2.75) is 0 Å². The number of benzene rings is 2. The van der Waals surface area contributed by atoms with Gasteiger partial charge in [0.1, 0.15) is 5.01 Å². The highest BCUT2D eigenvalue weighted by Gasteiger charge is 2.07. The van der Waals surface area contributed by atoms with Crippen LogP contribution in [0.2, 0.25) is 5.02 Å². The Labute approximate surface area is 116 Å². The standard InChI is InChI=1S/C13H7BrClNS/c14-9-5-8(6-10(15)7-9)13-16-11-3-1-2-4-12(11)17-13/h1-7H. The number of rotatable bonds is 1. The lowest BCUT2D eigenvalue weighted by Crippen LogP contribution is -1.76. The summed E-state index contributed by atoms with van der Waals surface area (Å²) in [5.74, 6) is 0. The molecule has 3 aromatic rings. The van der Waals surface area contributed by atoms with Crippen molar-refractivity contribution in [3.8, 4) is 10.6 Å². The third kappa shape index (κ3) is 2.23. The first-order valence-corrected chi connectivity index (χ1v) is 7.03. The zero-order valence-electron chi connectivity index (χ0n) is 8.65. The lowest BCUT2D eigenvalue weighted by molar-refractivity contribution is 1.47. The summed E-state index contributed by atoms with van der Waals surface area (Å²) in [6.07, 6.45) is 0. The van der Waals surface area contributed by atoms with E-state index in [2.05, 4.69) is 27.0 Å². The van der Waals surface area contributed by atoms with E-state index < -0.39 is 0 Å². The molecule has 0 atom stereocenters. The second-order valence-corrected chi connectivity index (χ2v) is 6.03. The summed E-state index contributed by atoms with van der Waals surface area (Å²) >= 11 is 11.2. The van der Waals surface area contributed by atoms with Gasteiger partial charge in [0, 0.05) is 15.1 Å². The molecule has 3 rings (SSSR count). The van der Waals surface area contributed by atoms with Gasteiger partial charge < -0.3 is 0 Å². The van der Waals surface area contributed by atoms with E-state index in [1.807, 2.05) is 36.4 Å². The van der Waals surface area contributed by atoms with Crippen molar-refractivity contribution in [3.05, 3.63) is 52.0 Å². The molecule has 0 fully saturated rings. The van der Waals surface area contributed by atoms with E-state index >= 15 is 0 Å². The topological polar surface area (TPSA) is 12.9 Å². The average Bonchev–Trinajstić information content (AvgIpc) is 2.71. The Morgan fingerprint density at radius 1 is 1.12 bits per heavy atom. The molecule has 0 saturated heterocycles. The van der Waals surface area contributed by atoms with Crippen molar-refractivity contribution in [1.82, 2.24) is 4.98 Å². The van der Waals surface area contributed by atoms with Crippen LogP contribution in [0.3, 0.4) is 0 Å². The summed E-state index contributed by atoms with van der Waals surface area (Å²) in [4.78, 5) is 4.60. The molecule has 17 heavy (non-hydrogen) atoms. The number of hydrogen-bond donors (Lipinski definition) is 0. The van der Waals surface area contributed by atoms with Gasteiger partial charge in [-0.25, -0.2) is 4.98 Å². The van der Waals surface area contributed by atoms with Crippen LogP contribution in [0.15, 0.2) is 46.9 Å². The van der Waals surface area contributed by atoms with Gasteiger partial charge in [0.15, 0.2) is 0 Å². The minimum atomic E-state index is 0.716. The van der Waals surface area contributed by atoms with E-state index in [4.69, 9.17) is 11.6 Å². The first-order valence-electron chi connectivity index (χ1n) is 5.04. The van der Waals surface area contributed by atoms with Crippen LogP contribution in [0.5, 0.6) is 0 Å². The van der Waals surface area contributed by atoms with Crippen molar-refractivity contribution >= 4 is 49.1 Å². The number of fused-ring (bicyclic) bond motifs is 1. The molecule has 0 saturated carbocycles. The van der Waals surface area contributed by atoms with Gasteiger partial charge in [0.05, 0.1) is 10.2 Å². The van der Waals surface area contributed by atoms with Crippen LogP contribution in [0.25, 0.3) is 20.8 Å². The summed E-state index contributed by atoms with van der Waals surface area (Å²) in [7, 11) is 0. The Morgan fingerprint density at radius 3 is 2.71 bits per heavy atom. The monoisotopic (exact) mass is 323 g/mol. The number of halogens is 2. The molecule has 0 spiro atoms. The van der Waals surface area contributed by atoms with Crippen LogP contribution in [0.4, 0.5) is 0 Å². The molecule has 0 aliphatic rings. The van der Waals surface area contributed by atoms with Gasteiger partial charge >= 0.3 is 0 Å². The number of nitrogens with zero attached hydrogens (tertiary/aromatic N) is 1. The van der Waals surface area contributed by atoms with E-state index in [1.165, 1.54) is 4.70 Å². The zero-order valence-corrected chi connectivity index (χ0v) is 11.8. The molecule has 84 valence electrons. The van der Waals surface area contributed by atoms with Crippen molar-refractivity contribution < 1.29 is 0 Å². The molecule has 0 bridgehead atoms. The molecule has 0 aliphatic heterocycles. The van der Waals surface area contributed by atoms with E-state index in [0.29, 0.717) is 5.02 Å². The molecule has 0 unspecified atom stereocenters. The molecule has 4 heteroatoms. The molecule has 0 radical (unpaired) electrons. The maximum absolute atomic E-state index is 6.05. The van der Waals surface area contributed by atoms with Crippen LogP contribution < -0.4 is 0 Å². The second-order valence-electron chi connectivity index (χ2n) is 3.64. The second kappa shape index (κ2) is 4.41. The number of hydrogen-bond acceptors (Lipinski definition) is 2. The molecule has 0 N–H and O–H groups in total. The molecule has 1 aromatic heterocycles. The first kappa shape index (κ1) is 11.2. The van der Waals surface area contributed by atoms with Crippen LogP contribution in [-0.4, -0.2) is 4.98 Å². The molecule has 0 aliphatic carbocycles. The van der Waals surface area contributed by atoms with Gasteiger partial charge in [-0.1, -0.05) is 39.7 Å². The fraction of sp³-hybridized carbons (Fsp3) is 0. The van der Waals surface area contributed by atoms with Gasteiger partial charge in [-0.05, 0) is 30.3 Å². The SMILES string of the molecule is Clc1cc(Br)cc(-c2nc3ccccc3s2)c1. The van der Waals surface area contributed by atoms with Crippen LogP contribution >= 0.6 is 38.9 Å². The van der Waals surface area contributed by atoms with E-state index in [-0.39, 0.29) is 0 Å². The maximum atomic E-state index is 6.05. The summed E-state index contributed by atoms with van der Waals surface area (Å²) in [5, 5.41) is 1.71. The minimum Gasteiger partial charge on any atom is -0.236 e. The minimum absolute atomic E-state index is 0.716. The molecule has 0 amide bonds. The summed E-state index contributed by atoms with van der Waals surface area (Å²) in [5.41, 5.74) is 2.08. The van der Waals surface area contributed by atoms with Gasteiger partial charge in [-0.3, -0.25) is 0 Å². The Kier molecular flexibility index (Phi) is 2.90. The largest absolute Gasteiger partial charge is 0.236 e. The fourth-order valence-corrected chi connectivity index (χ4v) is 3.49. The Hall–Kier alpha value is -0.900. The number of aromatic nitrogens is 1. The lowest BCUT2D eigenvalue weighted by atomic mass is 10.2. The molecule has 1 heterocycles. The smallest absolute Gasteiger partial charge is 0.124 e. The highest BCUT2D eigenvalue weighted by molar-refractivity contribution is 9.10. The summed E-state index contributed by atoms with van der Waals surface area (Å²) < 4.78 is 2.16. The number of para-hydroxylation sites is 1. The van der Waals surface area contributed by atoms with Crippen LogP contribution in [0, 0.1) is 0 Å². The zero-order chi connectivity index (χ0) is 11.8. The summed E-state index contributed by atoms with van der Waals surface area (Å²) in [6.45, 7) is 0. The fourth-order valence-electron chi connectivity index (χ4n) is 1.67. The molecular weight excluding hydrogens is 318 g/mol. The predicted molar refractivity (Wildman–Crippen MR) is 77.8 cm³/mol. The van der Waals surface area contributed by atoms with E-state index in [1.54, 1.807) is 11.3 Å². The number of thiazole rings is 1. The maximum Gasteiger partial charge on any atom is 0.124 e. The Bertz CT molecular complexity index is 639. The van der Waals surface area contributed by atoms with Crippen molar-refractivity contribution in [1.29, 1.82) is 0 Å². The third-order valence-electron chi connectivity index (χ3n) is 2.40. The van der Waals surface area contributed by atoms with Gasteiger partial charge in [0.25, 0.3) is 0 Å². The summed E-state index contributed by atoms with van der Waals surface area (Å²) in [6, 6.07) is 14.0. The van der Waals surface area contributed by atoms with E-state index in [0.717, 1.165) is 20.6 Å². The van der Waals surface area contributed by atoms with Crippen molar-refractivity contribution in [3.63, 3.8) is 0 Å². The third-order valence-corrected chi connectivity index (χ3v) is 4.16.